The van der Waals surface area contributed by atoms with Crippen molar-refractivity contribution in [3.05, 3.63) is 0 Å². The number of halogens is 1. The van der Waals surface area contributed by atoms with Gasteiger partial charge in [0.2, 0.25) is 0 Å². The molecule has 1 heterocycles. The SMILES string of the molecule is CCCCOC(=O)[C@H]1NC[C@H](F)[C@H]1OC. The lowest BCUT2D eigenvalue weighted by atomic mass is 10.1. The molecule has 0 saturated carbocycles. The van der Waals surface area contributed by atoms with Gasteiger partial charge in [-0.05, 0) is 6.42 Å². The number of hydrogen-bond acceptors (Lipinski definition) is 4. The maximum absolute atomic E-state index is 13.2. The Hall–Kier alpha value is -0.680. The number of alkyl halides is 1. The highest BCUT2D eigenvalue weighted by Crippen LogP contribution is 2.15. The summed E-state index contributed by atoms with van der Waals surface area (Å²) in [6.07, 6.45) is -0.0715. The van der Waals surface area contributed by atoms with Crippen molar-refractivity contribution in [3.63, 3.8) is 0 Å². The summed E-state index contributed by atoms with van der Waals surface area (Å²) >= 11 is 0. The third kappa shape index (κ3) is 3.14. The van der Waals surface area contributed by atoms with E-state index in [2.05, 4.69) is 5.32 Å². The van der Waals surface area contributed by atoms with Gasteiger partial charge in [0.25, 0.3) is 0 Å². The average molecular weight is 219 g/mol. The van der Waals surface area contributed by atoms with Crippen LogP contribution >= 0.6 is 0 Å². The number of carbonyl (C=O) groups excluding carboxylic acids is 1. The van der Waals surface area contributed by atoms with Crippen molar-refractivity contribution < 1.29 is 18.7 Å². The molecular formula is C10H18FNO3. The first-order chi connectivity index (χ1) is 7.20. The fourth-order valence-electron chi connectivity index (χ4n) is 1.59. The molecule has 4 nitrogen and oxygen atoms in total. The Balaban J connectivity index is 2.38. The summed E-state index contributed by atoms with van der Waals surface area (Å²) in [6, 6.07) is -0.665. The zero-order chi connectivity index (χ0) is 11.3. The molecule has 1 aliphatic rings. The molecule has 0 aliphatic carbocycles. The standard InChI is InChI=1S/C10H18FNO3/c1-3-4-5-15-10(13)8-9(14-2)7(11)6-12-8/h7-9,12H,3-6H2,1-2H3/t7-,8-,9+/m0/s1. The van der Waals surface area contributed by atoms with Crippen LogP contribution in [0.1, 0.15) is 19.8 Å². The average Bonchev–Trinajstić information content (AvgIpc) is 2.59. The van der Waals surface area contributed by atoms with E-state index in [0.29, 0.717) is 6.61 Å². The minimum atomic E-state index is -1.14. The molecule has 0 bridgehead atoms. The molecule has 1 aliphatic heterocycles. The van der Waals surface area contributed by atoms with Crippen LogP contribution in [0.2, 0.25) is 0 Å². The Kier molecular flexibility index (Phi) is 4.98. The third-order valence-electron chi connectivity index (χ3n) is 2.49. The van der Waals surface area contributed by atoms with Crippen LogP contribution in [0.15, 0.2) is 0 Å². The number of carbonyl (C=O) groups is 1. The van der Waals surface area contributed by atoms with E-state index in [4.69, 9.17) is 9.47 Å². The maximum atomic E-state index is 13.2. The summed E-state index contributed by atoms with van der Waals surface area (Å²) in [7, 11) is 1.40. The van der Waals surface area contributed by atoms with E-state index in [1.807, 2.05) is 6.92 Å². The van der Waals surface area contributed by atoms with Crippen LogP contribution in [-0.4, -0.2) is 44.5 Å². The van der Waals surface area contributed by atoms with Gasteiger partial charge in [0, 0.05) is 13.7 Å². The van der Waals surface area contributed by atoms with Crippen LogP contribution in [0.4, 0.5) is 4.39 Å². The van der Waals surface area contributed by atoms with Crippen LogP contribution in [0.25, 0.3) is 0 Å². The van der Waals surface area contributed by atoms with Crippen molar-refractivity contribution in [1.82, 2.24) is 5.32 Å². The minimum absolute atomic E-state index is 0.145. The first-order valence-corrected chi connectivity index (χ1v) is 5.27. The first kappa shape index (κ1) is 12.4. The van der Waals surface area contributed by atoms with Gasteiger partial charge < -0.3 is 9.47 Å². The Morgan fingerprint density at radius 3 is 2.93 bits per heavy atom. The number of rotatable bonds is 5. The van der Waals surface area contributed by atoms with Gasteiger partial charge in [-0.1, -0.05) is 13.3 Å². The monoisotopic (exact) mass is 219 g/mol. The van der Waals surface area contributed by atoms with Crippen LogP contribution in [0.5, 0.6) is 0 Å². The molecule has 15 heavy (non-hydrogen) atoms. The molecule has 88 valence electrons. The van der Waals surface area contributed by atoms with E-state index >= 15 is 0 Å². The second kappa shape index (κ2) is 6.02. The van der Waals surface area contributed by atoms with Gasteiger partial charge in [-0.25, -0.2) is 4.39 Å². The molecule has 0 spiro atoms. The maximum Gasteiger partial charge on any atom is 0.325 e. The number of methoxy groups -OCH3 is 1. The Morgan fingerprint density at radius 1 is 1.60 bits per heavy atom. The zero-order valence-electron chi connectivity index (χ0n) is 9.16. The normalized spacial score (nSPS) is 30.5. The lowest BCUT2D eigenvalue weighted by Gasteiger charge is -2.17. The van der Waals surface area contributed by atoms with E-state index < -0.39 is 24.3 Å². The quantitative estimate of drug-likeness (QED) is 0.545. The molecule has 1 N–H and O–H groups in total. The predicted octanol–water partition coefficient (Wildman–Crippen LogP) is 0.655. The second-order valence-electron chi connectivity index (χ2n) is 3.62. The Bertz CT molecular complexity index is 213. The van der Waals surface area contributed by atoms with Gasteiger partial charge in [-0.2, -0.15) is 0 Å². The molecule has 0 aromatic carbocycles. The number of hydrogen-bond donors (Lipinski definition) is 1. The van der Waals surface area contributed by atoms with Gasteiger partial charge in [0.15, 0.2) is 0 Å². The molecule has 1 saturated heterocycles. The summed E-state index contributed by atoms with van der Waals surface area (Å²) in [4.78, 5) is 11.5. The van der Waals surface area contributed by atoms with Crippen molar-refractivity contribution in [2.24, 2.45) is 0 Å². The summed E-state index contributed by atoms with van der Waals surface area (Å²) in [5.41, 5.74) is 0. The van der Waals surface area contributed by atoms with E-state index in [1.54, 1.807) is 0 Å². The number of unbranched alkanes of at least 4 members (excludes halogenated alkanes) is 1. The lowest BCUT2D eigenvalue weighted by molar-refractivity contribution is -0.149. The molecular weight excluding hydrogens is 201 g/mol. The van der Waals surface area contributed by atoms with E-state index in [1.165, 1.54) is 7.11 Å². The largest absolute Gasteiger partial charge is 0.464 e. The van der Waals surface area contributed by atoms with Crippen LogP contribution in [0, 0.1) is 0 Å². The Labute approximate surface area is 89.1 Å². The van der Waals surface area contributed by atoms with Crippen molar-refractivity contribution in [1.29, 1.82) is 0 Å². The Morgan fingerprint density at radius 2 is 2.33 bits per heavy atom. The van der Waals surface area contributed by atoms with Crippen molar-refractivity contribution in [2.45, 2.75) is 38.1 Å². The van der Waals surface area contributed by atoms with Gasteiger partial charge >= 0.3 is 5.97 Å². The molecule has 5 heteroatoms. The first-order valence-electron chi connectivity index (χ1n) is 5.27. The number of ether oxygens (including phenoxy) is 2. The molecule has 0 unspecified atom stereocenters. The summed E-state index contributed by atoms with van der Waals surface area (Å²) in [6.45, 7) is 2.55. The number of nitrogens with one attached hydrogen (secondary N) is 1. The topological polar surface area (TPSA) is 47.6 Å². The van der Waals surface area contributed by atoms with Crippen molar-refractivity contribution >= 4 is 5.97 Å². The van der Waals surface area contributed by atoms with Gasteiger partial charge in [-0.15, -0.1) is 0 Å². The predicted molar refractivity (Wildman–Crippen MR) is 53.4 cm³/mol. The second-order valence-corrected chi connectivity index (χ2v) is 3.62. The molecule has 0 aromatic rings. The molecule has 1 fully saturated rings. The van der Waals surface area contributed by atoms with Crippen molar-refractivity contribution in [2.75, 3.05) is 20.3 Å². The molecule has 0 amide bonds. The van der Waals surface area contributed by atoms with Crippen molar-refractivity contribution in [3.8, 4) is 0 Å². The fourth-order valence-corrected chi connectivity index (χ4v) is 1.59. The van der Waals surface area contributed by atoms with Crippen LogP contribution in [0.3, 0.4) is 0 Å². The highest BCUT2D eigenvalue weighted by Gasteiger charge is 2.41. The van der Waals surface area contributed by atoms with E-state index in [-0.39, 0.29) is 6.54 Å². The summed E-state index contributed by atoms with van der Waals surface area (Å²) < 4.78 is 23.1. The minimum Gasteiger partial charge on any atom is -0.464 e. The van der Waals surface area contributed by atoms with E-state index in [9.17, 15) is 9.18 Å². The third-order valence-corrected chi connectivity index (χ3v) is 2.49. The zero-order valence-corrected chi connectivity index (χ0v) is 9.16. The van der Waals surface area contributed by atoms with Gasteiger partial charge in [-0.3, -0.25) is 10.1 Å². The highest BCUT2D eigenvalue weighted by atomic mass is 19.1. The van der Waals surface area contributed by atoms with Gasteiger partial charge in [0.05, 0.1) is 6.61 Å². The van der Waals surface area contributed by atoms with E-state index in [0.717, 1.165) is 12.8 Å². The smallest absolute Gasteiger partial charge is 0.325 e. The summed E-state index contributed by atoms with van der Waals surface area (Å²) in [5.74, 6) is -0.421. The van der Waals surface area contributed by atoms with Crippen LogP contribution < -0.4 is 5.32 Å². The molecule has 0 aromatic heterocycles. The van der Waals surface area contributed by atoms with Crippen LogP contribution in [-0.2, 0) is 14.3 Å². The lowest BCUT2D eigenvalue weighted by Crippen LogP contribution is -2.42. The molecule has 1 rings (SSSR count). The highest BCUT2D eigenvalue weighted by molar-refractivity contribution is 5.77. The molecule has 3 atom stereocenters. The summed E-state index contributed by atoms with van der Waals surface area (Å²) in [5, 5.41) is 2.76. The molecule has 0 radical (unpaired) electrons. The number of esters is 1. The fraction of sp³-hybridized carbons (Fsp3) is 0.900. The van der Waals surface area contributed by atoms with Gasteiger partial charge in [0.1, 0.15) is 18.3 Å².